The number of nitrogens with two attached hydrogens (primary N) is 1. The van der Waals surface area contributed by atoms with Gasteiger partial charge in [-0.25, -0.2) is 0 Å². The molecule has 0 saturated carbocycles. The average Bonchev–Trinajstić information content (AvgIpc) is 2.69. The Balaban J connectivity index is 2.14. The highest BCUT2D eigenvalue weighted by molar-refractivity contribution is 5.30. The van der Waals surface area contributed by atoms with Crippen LogP contribution in [0.15, 0.2) is 12.1 Å². The second-order valence-electron chi connectivity index (χ2n) is 5.09. The Bertz CT molecular complexity index is 591. The maximum Gasteiger partial charge on any atom is 0.170 e. The summed E-state index contributed by atoms with van der Waals surface area (Å²) in [5.41, 5.74) is 7.70. The quantitative estimate of drug-likeness (QED) is 0.889. The van der Waals surface area contributed by atoms with Crippen LogP contribution in [-0.4, -0.2) is 25.8 Å². The molecule has 2 aromatic rings. The third-order valence-corrected chi connectivity index (χ3v) is 3.13. The van der Waals surface area contributed by atoms with Gasteiger partial charge < -0.3 is 15.0 Å². The van der Waals surface area contributed by atoms with Gasteiger partial charge in [0.15, 0.2) is 5.82 Å². The van der Waals surface area contributed by atoms with Gasteiger partial charge in [0.25, 0.3) is 0 Å². The third kappa shape index (κ3) is 3.33. The van der Waals surface area contributed by atoms with Crippen molar-refractivity contribution in [1.82, 2.24) is 19.7 Å². The summed E-state index contributed by atoms with van der Waals surface area (Å²) in [5, 5.41) is 8.09. The van der Waals surface area contributed by atoms with Crippen LogP contribution in [0.4, 0.5) is 0 Å². The first-order chi connectivity index (χ1) is 9.47. The summed E-state index contributed by atoms with van der Waals surface area (Å²) in [6.45, 7) is 6.19. The molecule has 0 radical (unpaired) electrons. The number of pyridine rings is 1. The monoisotopic (exact) mass is 275 g/mol. The van der Waals surface area contributed by atoms with E-state index in [9.17, 15) is 0 Å². The van der Waals surface area contributed by atoms with E-state index in [1.165, 1.54) is 0 Å². The minimum absolute atomic E-state index is 0.0451. The van der Waals surface area contributed by atoms with Crippen molar-refractivity contribution in [2.45, 2.75) is 39.8 Å². The molecular formula is C14H21N5O. The van der Waals surface area contributed by atoms with E-state index < -0.39 is 0 Å². The summed E-state index contributed by atoms with van der Waals surface area (Å²) in [7, 11) is 1.92. The minimum Gasteiger partial charge on any atom is -0.484 e. The van der Waals surface area contributed by atoms with Crippen LogP contribution >= 0.6 is 0 Å². The summed E-state index contributed by atoms with van der Waals surface area (Å²) < 4.78 is 7.74. The highest BCUT2D eigenvalue weighted by Crippen LogP contribution is 2.19. The molecule has 0 aliphatic carbocycles. The van der Waals surface area contributed by atoms with Crippen molar-refractivity contribution in [1.29, 1.82) is 0 Å². The highest BCUT2D eigenvalue weighted by Gasteiger charge is 2.11. The molecule has 0 spiro atoms. The Morgan fingerprint density at radius 3 is 2.65 bits per heavy atom. The van der Waals surface area contributed by atoms with Crippen LogP contribution < -0.4 is 10.5 Å². The van der Waals surface area contributed by atoms with Crippen LogP contribution in [0.1, 0.15) is 30.0 Å². The largest absolute Gasteiger partial charge is 0.484 e. The molecule has 2 rings (SSSR count). The lowest BCUT2D eigenvalue weighted by molar-refractivity contribution is 0.285. The Labute approximate surface area is 119 Å². The maximum absolute atomic E-state index is 5.86. The van der Waals surface area contributed by atoms with Crippen molar-refractivity contribution in [2.75, 3.05) is 0 Å². The van der Waals surface area contributed by atoms with Crippen molar-refractivity contribution in [3.05, 3.63) is 35.2 Å². The maximum atomic E-state index is 5.86. The molecule has 0 amide bonds. The van der Waals surface area contributed by atoms with Gasteiger partial charge in [0.05, 0.1) is 5.69 Å². The van der Waals surface area contributed by atoms with Crippen LogP contribution in [0.5, 0.6) is 5.75 Å². The molecular weight excluding hydrogens is 254 g/mol. The van der Waals surface area contributed by atoms with Crippen LogP contribution in [-0.2, 0) is 20.1 Å². The molecule has 2 aromatic heterocycles. The fourth-order valence-corrected chi connectivity index (χ4v) is 1.90. The van der Waals surface area contributed by atoms with Gasteiger partial charge in [0, 0.05) is 25.2 Å². The van der Waals surface area contributed by atoms with E-state index in [1.807, 2.05) is 44.5 Å². The van der Waals surface area contributed by atoms with Gasteiger partial charge in [0.2, 0.25) is 0 Å². The number of hydrogen-bond donors (Lipinski definition) is 1. The van der Waals surface area contributed by atoms with E-state index in [0.29, 0.717) is 13.0 Å². The van der Waals surface area contributed by atoms with E-state index in [4.69, 9.17) is 10.5 Å². The van der Waals surface area contributed by atoms with Crippen molar-refractivity contribution in [2.24, 2.45) is 12.8 Å². The predicted molar refractivity (Wildman–Crippen MR) is 76.4 cm³/mol. The molecule has 1 atom stereocenters. The van der Waals surface area contributed by atoms with Crippen molar-refractivity contribution in [3.8, 4) is 5.75 Å². The SMILES string of the molecule is Cc1ccc(OCc2nnc(C)n2C)c(CC(C)N)n1. The molecule has 0 bridgehead atoms. The van der Waals surface area contributed by atoms with Gasteiger partial charge in [-0.1, -0.05) is 0 Å². The van der Waals surface area contributed by atoms with Gasteiger partial charge in [-0.2, -0.15) is 0 Å². The van der Waals surface area contributed by atoms with Gasteiger partial charge in [-0.3, -0.25) is 4.98 Å². The van der Waals surface area contributed by atoms with Crippen LogP contribution in [0.3, 0.4) is 0 Å². The number of ether oxygens (including phenoxy) is 1. The molecule has 2 N–H and O–H groups in total. The standard InChI is InChI=1S/C14H21N5O/c1-9(15)7-12-13(6-5-10(2)16-12)20-8-14-18-17-11(3)19(14)4/h5-6,9H,7-8,15H2,1-4H3. The molecule has 6 heteroatoms. The number of nitrogens with zero attached hydrogens (tertiary/aromatic N) is 4. The van der Waals surface area contributed by atoms with E-state index in [2.05, 4.69) is 15.2 Å². The summed E-state index contributed by atoms with van der Waals surface area (Å²) >= 11 is 0. The first-order valence-electron chi connectivity index (χ1n) is 6.67. The fraction of sp³-hybridized carbons (Fsp3) is 0.500. The first-order valence-corrected chi connectivity index (χ1v) is 6.67. The Morgan fingerprint density at radius 2 is 2.05 bits per heavy atom. The number of aryl methyl sites for hydroxylation is 2. The molecule has 6 nitrogen and oxygen atoms in total. The van der Waals surface area contributed by atoms with E-state index >= 15 is 0 Å². The molecule has 0 saturated heterocycles. The summed E-state index contributed by atoms with van der Waals surface area (Å²) in [4.78, 5) is 4.51. The molecule has 0 aliphatic heterocycles. The fourth-order valence-electron chi connectivity index (χ4n) is 1.90. The zero-order chi connectivity index (χ0) is 14.7. The van der Waals surface area contributed by atoms with Crippen LogP contribution in [0.2, 0.25) is 0 Å². The lowest BCUT2D eigenvalue weighted by Gasteiger charge is -2.12. The summed E-state index contributed by atoms with van der Waals surface area (Å²) in [6, 6.07) is 3.91. The van der Waals surface area contributed by atoms with Gasteiger partial charge >= 0.3 is 0 Å². The summed E-state index contributed by atoms with van der Waals surface area (Å²) in [5.74, 6) is 2.41. The van der Waals surface area contributed by atoms with E-state index in [1.54, 1.807) is 0 Å². The zero-order valence-corrected chi connectivity index (χ0v) is 12.4. The average molecular weight is 275 g/mol. The van der Waals surface area contributed by atoms with Crippen molar-refractivity contribution in [3.63, 3.8) is 0 Å². The minimum atomic E-state index is 0.0451. The van der Waals surface area contributed by atoms with Crippen molar-refractivity contribution >= 4 is 0 Å². The van der Waals surface area contributed by atoms with Gasteiger partial charge in [-0.15, -0.1) is 10.2 Å². The molecule has 1 unspecified atom stereocenters. The van der Waals surface area contributed by atoms with Crippen LogP contribution in [0, 0.1) is 13.8 Å². The molecule has 20 heavy (non-hydrogen) atoms. The second-order valence-corrected chi connectivity index (χ2v) is 5.09. The topological polar surface area (TPSA) is 78.9 Å². The number of aromatic nitrogens is 4. The molecule has 0 aliphatic rings. The Kier molecular flexibility index (Phi) is 4.34. The lowest BCUT2D eigenvalue weighted by Crippen LogP contribution is -2.19. The van der Waals surface area contributed by atoms with Crippen molar-refractivity contribution < 1.29 is 4.74 Å². The van der Waals surface area contributed by atoms with Crippen LogP contribution in [0.25, 0.3) is 0 Å². The molecule has 2 heterocycles. The third-order valence-electron chi connectivity index (χ3n) is 3.13. The zero-order valence-electron chi connectivity index (χ0n) is 12.4. The molecule has 0 fully saturated rings. The van der Waals surface area contributed by atoms with Gasteiger partial charge in [0.1, 0.15) is 18.2 Å². The number of rotatable bonds is 5. The lowest BCUT2D eigenvalue weighted by atomic mass is 10.1. The Hall–Kier alpha value is -1.95. The van der Waals surface area contributed by atoms with E-state index in [-0.39, 0.29) is 6.04 Å². The summed E-state index contributed by atoms with van der Waals surface area (Å²) in [6.07, 6.45) is 0.689. The second kappa shape index (κ2) is 6.00. The first kappa shape index (κ1) is 14.5. The Morgan fingerprint density at radius 1 is 1.30 bits per heavy atom. The normalized spacial score (nSPS) is 12.4. The molecule has 0 aromatic carbocycles. The van der Waals surface area contributed by atoms with E-state index in [0.717, 1.165) is 28.8 Å². The number of hydrogen-bond acceptors (Lipinski definition) is 5. The predicted octanol–water partition coefficient (Wildman–Crippen LogP) is 1.30. The highest BCUT2D eigenvalue weighted by atomic mass is 16.5. The molecule has 108 valence electrons. The smallest absolute Gasteiger partial charge is 0.170 e. The van der Waals surface area contributed by atoms with Gasteiger partial charge in [-0.05, 0) is 32.9 Å².